The van der Waals surface area contributed by atoms with E-state index in [2.05, 4.69) is 15.0 Å². The molecule has 1 N–H and O–H groups in total. The highest BCUT2D eigenvalue weighted by Gasteiger charge is 2.03. The molecular formula is C11H11ClN4. The van der Waals surface area contributed by atoms with Crippen molar-refractivity contribution in [2.45, 2.75) is 12.8 Å². The molecule has 1 aromatic carbocycles. The summed E-state index contributed by atoms with van der Waals surface area (Å²) in [6, 6.07) is 5.79. The number of fused-ring (bicyclic) bond motifs is 1. The lowest BCUT2D eigenvalue weighted by atomic mass is 10.1. The SMILES string of the molecule is [N-]=[N+]=NCCCc1c[nH]c2ccc(Cl)cc12. The van der Waals surface area contributed by atoms with Gasteiger partial charge in [0.15, 0.2) is 0 Å². The number of H-pyrrole nitrogens is 1. The second-order valence-electron chi connectivity index (χ2n) is 3.56. The monoisotopic (exact) mass is 234 g/mol. The first-order chi connectivity index (χ1) is 7.81. The standard InChI is InChI=1S/C11H11ClN4/c12-9-3-4-11-10(6-9)8(7-14-11)2-1-5-15-16-13/h3-4,6-7,14H,1-2,5H2. The van der Waals surface area contributed by atoms with Crippen LogP contribution < -0.4 is 0 Å². The van der Waals surface area contributed by atoms with Crippen molar-refractivity contribution < 1.29 is 0 Å². The van der Waals surface area contributed by atoms with E-state index in [9.17, 15) is 0 Å². The van der Waals surface area contributed by atoms with E-state index in [1.807, 2.05) is 24.4 Å². The lowest BCUT2D eigenvalue weighted by Gasteiger charge is -1.97. The molecule has 0 bridgehead atoms. The first-order valence-electron chi connectivity index (χ1n) is 5.07. The number of hydrogen-bond donors (Lipinski definition) is 1. The number of azide groups is 1. The van der Waals surface area contributed by atoms with Gasteiger partial charge in [0.2, 0.25) is 0 Å². The molecule has 0 spiro atoms. The molecule has 2 rings (SSSR count). The number of rotatable bonds is 4. The third-order valence-electron chi connectivity index (χ3n) is 2.50. The Balaban J connectivity index is 2.17. The van der Waals surface area contributed by atoms with Gasteiger partial charge in [-0.1, -0.05) is 16.7 Å². The van der Waals surface area contributed by atoms with E-state index in [0.717, 1.165) is 28.8 Å². The molecule has 0 unspecified atom stereocenters. The van der Waals surface area contributed by atoms with E-state index in [0.29, 0.717) is 6.54 Å². The van der Waals surface area contributed by atoms with Crippen molar-refractivity contribution in [1.29, 1.82) is 0 Å². The molecule has 4 nitrogen and oxygen atoms in total. The fourth-order valence-electron chi connectivity index (χ4n) is 1.74. The second kappa shape index (κ2) is 4.92. The number of hydrogen-bond acceptors (Lipinski definition) is 1. The van der Waals surface area contributed by atoms with Crippen LogP contribution in [0, 0.1) is 0 Å². The number of nitrogens with zero attached hydrogens (tertiary/aromatic N) is 3. The largest absolute Gasteiger partial charge is 0.361 e. The molecule has 16 heavy (non-hydrogen) atoms. The van der Waals surface area contributed by atoms with Crippen molar-refractivity contribution in [2.24, 2.45) is 5.11 Å². The van der Waals surface area contributed by atoms with Gasteiger partial charge in [-0.05, 0) is 42.1 Å². The van der Waals surface area contributed by atoms with Crippen LogP contribution >= 0.6 is 11.6 Å². The number of aryl methyl sites for hydroxylation is 1. The van der Waals surface area contributed by atoms with Gasteiger partial charge in [0.25, 0.3) is 0 Å². The normalized spacial score (nSPS) is 10.3. The maximum atomic E-state index is 8.17. The second-order valence-corrected chi connectivity index (χ2v) is 4.00. The fraction of sp³-hybridized carbons (Fsp3) is 0.273. The van der Waals surface area contributed by atoms with Crippen molar-refractivity contribution in [1.82, 2.24) is 4.98 Å². The zero-order valence-corrected chi connectivity index (χ0v) is 9.41. The summed E-state index contributed by atoms with van der Waals surface area (Å²) in [5.41, 5.74) is 10.5. The zero-order valence-electron chi connectivity index (χ0n) is 8.65. The van der Waals surface area contributed by atoms with Gasteiger partial charge in [0, 0.05) is 33.6 Å². The van der Waals surface area contributed by atoms with Crippen molar-refractivity contribution in [3.63, 3.8) is 0 Å². The minimum absolute atomic E-state index is 0.531. The molecule has 0 amide bonds. The molecule has 0 fully saturated rings. The van der Waals surface area contributed by atoms with Crippen LogP contribution in [0.4, 0.5) is 0 Å². The molecule has 0 atom stereocenters. The van der Waals surface area contributed by atoms with Crippen LogP contribution in [0.1, 0.15) is 12.0 Å². The topological polar surface area (TPSA) is 64.6 Å². The van der Waals surface area contributed by atoms with Gasteiger partial charge < -0.3 is 4.98 Å². The van der Waals surface area contributed by atoms with E-state index in [1.165, 1.54) is 5.56 Å². The van der Waals surface area contributed by atoms with E-state index in [-0.39, 0.29) is 0 Å². The molecule has 0 saturated carbocycles. The molecule has 0 aliphatic heterocycles. The van der Waals surface area contributed by atoms with Crippen LogP contribution in [0.15, 0.2) is 29.5 Å². The average molecular weight is 235 g/mol. The minimum Gasteiger partial charge on any atom is -0.361 e. The van der Waals surface area contributed by atoms with Crippen LogP contribution in [-0.2, 0) is 6.42 Å². The van der Waals surface area contributed by atoms with Gasteiger partial charge in [-0.3, -0.25) is 0 Å². The molecule has 2 aromatic rings. The van der Waals surface area contributed by atoms with Crippen molar-refractivity contribution in [3.05, 3.63) is 45.4 Å². The smallest absolute Gasteiger partial charge is 0.0457 e. The van der Waals surface area contributed by atoms with Gasteiger partial charge in [-0.2, -0.15) is 0 Å². The number of nitrogens with one attached hydrogen (secondary N) is 1. The first-order valence-corrected chi connectivity index (χ1v) is 5.45. The quantitative estimate of drug-likeness (QED) is 0.359. The van der Waals surface area contributed by atoms with Crippen LogP contribution in [-0.4, -0.2) is 11.5 Å². The Hall–Kier alpha value is -1.64. The van der Waals surface area contributed by atoms with E-state index in [4.69, 9.17) is 17.1 Å². The molecular weight excluding hydrogens is 224 g/mol. The van der Waals surface area contributed by atoms with E-state index < -0.39 is 0 Å². The zero-order chi connectivity index (χ0) is 11.4. The Kier molecular flexibility index (Phi) is 3.34. The molecule has 0 saturated heterocycles. The minimum atomic E-state index is 0.531. The molecule has 1 heterocycles. The summed E-state index contributed by atoms with van der Waals surface area (Å²) in [7, 11) is 0. The molecule has 1 aromatic heterocycles. The third-order valence-corrected chi connectivity index (χ3v) is 2.73. The number of aromatic nitrogens is 1. The Morgan fingerprint density at radius 3 is 3.12 bits per heavy atom. The summed E-state index contributed by atoms with van der Waals surface area (Å²) in [6.07, 6.45) is 3.72. The van der Waals surface area contributed by atoms with Crippen molar-refractivity contribution in [3.8, 4) is 0 Å². The highest BCUT2D eigenvalue weighted by Crippen LogP contribution is 2.23. The van der Waals surface area contributed by atoms with Crippen LogP contribution in [0.2, 0.25) is 5.02 Å². The lowest BCUT2D eigenvalue weighted by molar-refractivity contribution is 0.831. The summed E-state index contributed by atoms with van der Waals surface area (Å²) in [5.74, 6) is 0. The lowest BCUT2D eigenvalue weighted by Crippen LogP contribution is -1.86. The summed E-state index contributed by atoms with van der Waals surface area (Å²) < 4.78 is 0. The Morgan fingerprint density at radius 1 is 1.44 bits per heavy atom. The Labute approximate surface area is 97.9 Å². The van der Waals surface area contributed by atoms with Crippen LogP contribution in [0.25, 0.3) is 21.3 Å². The highest BCUT2D eigenvalue weighted by atomic mass is 35.5. The van der Waals surface area contributed by atoms with E-state index >= 15 is 0 Å². The summed E-state index contributed by atoms with van der Waals surface area (Å²) in [6.45, 7) is 0.531. The predicted octanol–water partition coefficient (Wildman–Crippen LogP) is 4.06. The molecule has 0 aliphatic rings. The van der Waals surface area contributed by atoms with Crippen molar-refractivity contribution >= 4 is 22.5 Å². The summed E-state index contributed by atoms with van der Waals surface area (Å²) in [5, 5.41) is 5.40. The van der Waals surface area contributed by atoms with Crippen LogP contribution in [0.3, 0.4) is 0 Å². The summed E-state index contributed by atoms with van der Waals surface area (Å²) in [4.78, 5) is 5.92. The van der Waals surface area contributed by atoms with Gasteiger partial charge in [-0.25, -0.2) is 0 Å². The third kappa shape index (κ3) is 2.30. The molecule has 82 valence electrons. The molecule has 5 heteroatoms. The Bertz CT molecular complexity index is 540. The van der Waals surface area contributed by atoms with Gasteiger partial charge >= 0.3 is 0 Å². The highest BCUT2D eigenvalue weighted by molar-refractivity contribution is 6.31. The maximum absolute atomic E-state index is 8.17. The maximum Gasteiger partial charge on any atom is 0.0457 e. The molecule has 0 aliphatic carbocycles. The number of aromatic amines is 1. The van der Waals surface area contributed by atoms with Crippen LogP contribution in [0.5, 0.6) is 0 Å². The van der Waals surface area contributed by atoms with Gasteiger partial charge in [0.1, 0.15) is 0 Å². The van der Waals surface area contributed by atoms with E-state index in [1.54, 1.807) is 0 Å². The number of benzene rings is 1. The van der Waals surface area contributed by atoms with Gasteiger partial charge in [-0.15, -0.1) is 0 Å². The fourth-order valence-corrected chi connectivity index (χ4v) is 1.91. The number of halogens is 1. The van der Waals surface area contributed by atoms with Crippen molar-refractivity contribution in [2.75, 3.05) is 6.54 Å². The average Bonchev–Trinajstić information content (AvgIpc) is 2.67. The molecule has 0 radical (unpaired) electrons. The predicted molar refractivity (Wildman–Crippen MR) is 65.6 cm³/mol. The Morgan fingerprint density at radius 2 is 2.31 bits per heavy atom. The first kappa shape index (κ1) is 10.9. The summed E-state index contributed by atoms with van der Waals surface area (Å²) >= 11 is 5.95. The van der Waals surface area contributed by atoms with Gasteiger partial charge in [0.05, 0.1) is 0 Å².